The van der Waals surface area contributed by atoms with Gasteiger partial charge in [-0.05, 0) is 36.6 Å². The van der Waals surface area contributed by atoms with E-state index in [9.17, 15) is 4.79 Å². The zero-order valence-electron chi connectivity index (χ0n) is 19.8. The van der Waals surface area contributed by atoms with Crippen LogP contribution in [0.1, 0.15) is 38.1 Å². The Labute approximate surface area is 202 Å². The van der Waals surface area contributed by atoms with E-state index in [1.54, 1.807) is 27.5 Å². The average Bonchev–Trinajstić information content (AvgIpc) is 3.54. The van der Waals surface area contributed by atoms with Gasteiger partial charge in [0, 0.05) is 23.5 Å². The van der Waals surface area contributed by atoms with Crippen LogP contribution in [0.3, 0.4) is 0 Å². The molecule has 0 fully saturated rings. The molecule has 0 bridgehead atoms. The second-order valence-electron chi connectivity index (χ2n) is 8.35. The zero-order valence-corrected chi connectivity index (χ0v) is 19.8. The van der Waals surface area contributed by atoms with Gasteiger partial charge in [-0.25, -0.2) is 4.52 Å². The van der Waals surface area contributed by atoms with Crippen molar-refractivity contribution in [1.29, 1.82) is 0 Å². The van der Waals surface area contributed by atoms with Gasteiger partial charge < -0.3 is 13.8 Å². The first kappa shape index (κ1) is 22.6. The molecule has 0 aliphatic carbocycles. The molecule has 0 amide bonds. The molecule has 0 unspecified atom stereocenters. The summed E-state index contributed by atoms with van der Waals surface area (Å²) < 4.78 is 14.5. The van der Waals surface area contributed by atoms with E-state index in [0.717, 1.165) is 36.1 Å². The van der Waals surface area contributed by atoms with Gasteiger partial charge in [0.2, 0.25) is 11.7 Å². The molecule has 35 heavy (non-hydrogen) atoms. The molecule has 5 rings (SSSR count). The van der Waals surface area contributed by atoms with E-state index in [1.165, 1.54) is 5.56 Å². The topological polar surface area (TPSA) is 87.5 Å². The molecule has 0 aliphatic heterocycles. The van der Waals surface area contributed by atoms with Gasteiger partial charge in [0.25, 0.3) is 5.56 Å². The SMILES string of the molecule is CCCCOc1ccccc1-c1cc2c(=O)n(Cc3nc(-c4ccc(CC)cc4)no3)ccn2n1. The van der Waals surface area contributed by atoms with Crippen molar-refractivity contribution in [2.24, 2.45) is 0 Å². The van der Waals surface area contributed by atoms with Crippen LogP contribution >= 0.6 is 0 Å². The number of ether oxygens (including phenoxy) is 1. The van der Waals surface area contributed by atoms with Crippen LogP contribution < -0.4 is 10.3 Å². The van der Waals surface area contributed by atoms with Crippen LogP contribution in [0.4, 0.5) is 0 Å². The van der Waals surface area contributed by atoms with Crippen molar-refractivity contribution in [2.75, 3.05) is 6.61 Å². The van der Waals surface area contributed by atoms with E-state index < -0.39 is 0 Å². The summed E-state index contributed by atoms with van der Waals surface area (Å²) in [5.41, 5.74) is 3.92. The Morgan fingerprint density at radius 1 is 1.03 bits per heavy atom. The second-order valence-corrected chi connectivity index (χ2v) is 8.35. The predicted octanol–water partition coefficient (Wildman–Crippen LogP) is 5.00. The third kappa shape index (κ3) is 4.73. The van der Waals surface area contributed by atoms with Crippen LogP contribution in [-0.2, 0) is 13.0 Å². The van der Waals surface area contributed by atoms with Crippen molar-refractivity contribution < 1.29 is 9.26 Å². The van der Waals surface area contributed by atoms with E-state index in [0.29, 0.717) is 29.5 Å². The van der Waals surface area contributed by atoms with Crippen LogP contribution in [0.2, 0.25) is 0 Å². The number of fused-ring (bicyclic) bond motifs is 1. The predicted molar refractivity (Wildman–Crippen MR) is 134 cm³/mol. The van der Waals surface area contributed by atoms with Crippen LogP contribution in [0.5, 0.6) is 5.75 Å². The summed E-state index contributed by atoms with van der Waals surface area (Å²) in [5.74, 6) is 1.62. The molecule has 5 aromatic rings. The van der Waals surface area contributed by atoms with Crippen molar-refractivity contribution in [3.8, 4) is 28.4 Å². The third-order valence-corrected chi connectivity index (χ3v) is 5.92. The normalized spacial score (nSPS) is 11.3. The Bertz CT molecular complexity index is 1500. The molecule has 0 N–H and O–H groups in total. The molecular formula is C27H27N5O3. The smallest absolute Gasteiger partial charge is 0.277 e. The van der Waals surface area contributed by atoms with Gasteiger partial charge in [0.15, 0.2) is 0 Å². The van der Waals surface area contributed by atoms with Crippen LogP contribution in [0, 0.1) is 0 Å². The van der Waals surface area contributed by atoms with Gasteiger partial charge in [-0.1, -0.05) is 61.8 Å². The summed E-state index contributed by atoms with van der Waals surface area (Å²) >= 11 is 0. The summed E-state index contributed by atoms with van der Waals surface area (Å²) in [6.07, 6.45) is 6.43. The monoisotopic (exact) mass is 469 g/mol. The summed E-state index contributed by atoms with van der Waals surface area (Å²) in [4.78, 5) is 17.7. The molecule has 0 spiro atoms. The highest BCUT2D eigenvalue weighted by Gasteiger charge is 2.15. The number of rotatable bonds is 9. The van der Waals surface area contributed by atoms with E-state index in [4.69, 9.17) is 9.26 Å². The Hall–Kier alpha value is -4.20. The lowest BCUT2D eigenvalue weighted by molar-refractivity contribution is 0.310. The minimum atomic E-state index is -0.192. The fourth-order valence-electron chi connectivity index (χ4n) is 3.88. The number of aryl methyl sites for hydroxylation is 1. The minimum absolute atomic E-state index is 0.173. The highest BCUT2D eigenvalue weighted by atomic mass is 16.5. The molecule has 3 heterocycles. The summed E-state index contributed by atoms with van der Waals surface area (Å²) in [6, 6.07) is 17.6. The second kappa shape index (κ2) is 9.97. The van der Waals surface area contributed by atoms with Crippen molar-refractivity contribution in [2.45, 2.75) is 39.7 Å². The lowest BCUT2D eigenvalue weighted by atomic mass is 10.1. The van der Waals surface area contributed by atoms with E-state index in [1.807, 2.05) is 48.5 Å². The van der Waals surface area contributed by atoms with Gasteiger partial charge in [-0.3, -0.25) is 4.79 Å². The number of hydrogen-bond donors (Lipinski definition) is 0. The fourth-order valence-corrected chi connectivity index (χ4v) is 3.88. The first-order valence-corrected chi connectivity index (χ1v) is 11.9. The zero-order chi connectivity index (χ0) is 24.2. The highest BCUT2D eigenvalue weighted by Crippen LogP contribution is 2.29. The molecule has 0 saturated carbocycles. The maximum absolute atomic E-state index is 13.2. The van der Waals surface area contributed by atoms with Gasteiger partial charge in [-0.15, -0.1) is 0 Å². The number of aromatic nitrogens is 5. The lowest BCUT2D eigenvalue weighted by Crippen LogP contribution is -2.21. The summed E-state index contributed by atoms with van der Waals surface area (Å²) in [6.45, 7) is 5.05. The first-order valence-electron chi connectivity index (χ1n) is 11.9. The van der Waals surface area contributed by atoms with Crippen molar-refractivity contribution >= 4 is 5.52 Å². The van der Waals surface area contributed by atoms with Gasteiger partial charge in [-0.2, -0.15) is 10.1 Å². The Balaban J connectivity index is 1.40. The first-order chi connectivity index (χ1) is 17.2. The number of nitrogens with zero attached hydrogens (tertiary/aromatic N) is 5. The number of benzene rings is 2. The van der Waals surface area contributed by atoms with Gasteiger partial charge in [0.05, 0.1) is 12.3 Å². The van der Waals surface area contributed by atoms with Crippen molar-refractivity contribution in [3.05, 3.63) is 88.8 Å². The lowest BCUT2D eigenvalue weighted by Gasteiger charge is -2.09. The van der Waals surface area contributed by atoms with E-state index in [-0.39, 0.29) is 12.1 Å². The van der Waals surface area contributed by atoms with E-state index in [2.05, 4.69) is 29.1 Å². The number of hydrogen-bond acceptors (Lipinski definition) is 6. The van der Waals surface area contributed by atoms with Gasteiger partial charge in [0.1, 0.15) is 17.8 Å². The number of unbranched alkanes of at least 4 members (excludes halogenated alkanes) is 1. The maximum atomic E-state index is 13.2. The fraction of sp³-hybridized carbons (Fsp3) is 0.259. The quantitative estimate of drug-likeness (QED) is 0.282. The van der Waals surface area contributed by atoms with Crippen LogP contribution in [0.15, 0.2) is 76.3 Å². The maximum Gasteiger partial charge on any atom is 0.277 e. The van der Waals surface area contributed by atoms with Crippen molar-refractivity contribution in [1.82, 2.24) is 24.3 Å². The summed E-state index contributed by atoms with van der Waals surface area (Å²) in [5, 5.41) is 8.69. The van der Waals surface area contributed by atoms with Crippen LogP contribution in [0.25, 0.3) is 28.2 Å². The minimum Gasteiger partial charge on any atom is -0.493 e. The molecule has 0 atom stereocenters. The van der Waals surface area contributed by atoms with Crippen molar-refractivity contribution in [3.63, 3.8) is 0 Å². The van der Waals surface area contributed by atoms with E-state index >= 15 is 0 Å². The average molecular weight is 470 g/mol. The molecule has 0 aliphatic rings. The Morgan fingerprint density at radius 2 is 1.86 bits per heavy atom. The Kier molecular flexibility index (Phi) is 6.43. The standard InChI is InChI=1S/C27H27N5O3/c1-3-5-16-34-24-9-7-6-8-21(24)22-17-23-27(33)31(14-15-32(23)29-22)18-25-28-26(30-35-25)20-12-10-19(4-2)11-13-20/h6-15,17H,3-5,16,18H2,1-2H3. The number of para-hydroxylation sites is 1. The molecule has 8 nitrogen and oxygen atoms in total. The Morgan fingerprint density at radius 3 is 2.66 bits per heavy atom. The molecule has 2 aromatic carbocycles. The van der Waals surface area contributed by atoms with Crippen LogP contribution in [-0.4, -0.2) is 30.9 Å². The molecule has 3 aromatic heterocycles. The molecule has 178 valence electrons. The summed E-state index contributed by atoms with van der Waals surface area (Å²) in [7, 11) is 0. The highest BCUT2D eigenvalue weighted by molar-refractivity contribution is 5.71. The largest absolute Gasteiger partial charge is 0.493 e. The molecular weight excluding hydrogens is 442 g/mol. The van der Waals surface area contributed by atoms with Gasteiger partial charge >= 0.3 is 0 Å². The molecule has 0 saturated heterocycles. The molecule has 8 heteroatoms. The molecule has 0 radical (unpaired) electrons. The third-order valence-electron chi connectivity index (χ3n) is 5.92.